The van der Waals surface area contributed by atoms with Gasteiger partial charge < -0.3 is 14.6 Å². The van der Waals surface area contributed by atoms with Gasteiger partial charge in [-0.2, -0.15) is 5.10 Å². The van der Waals surface area contributed by atoms with E-state index in [0.29, 0.717) is 22.8 Å². The summed E-state index contributed by atoms with van der Waals surface area (Å²) in [5.74, 6) is 0.297. The number of benzene rings is 1. The minimum atomic E-state index is -1.02. The number of carboxylic acids is 1. The molecule has 20 heavy (non-hydrogen) atoms. The molecule has 6 nitrogen and oxygen atoms in total. The van der Waals surface area contributed by atoms with E-state index >= 15 is 0 Å². The van der Waals surface area contributed by atoms with Gasteiger partial charge in [0.2, 0.25) is 0 Å². The van der Waals surface area contributed by atoms with E-state index in [1.807, 2.05) is 13.0 Å². The number of hydrogen-bond acceptors (Lipinski definition) is 4. The van der Waals surface area contributed by atoms with E-state index in [1.54, 1.807) is 27.3 Å². The first kappa shape index (κ1) is 13.9. The second kappa shape index (κ2) is 5.24. The first-order valence-electron chi connectivity index (χ1n) is 5.98. The second-order valence-electron chi connectivity index (χ2n) is 4.37. The van der Waals surface area contributed by atoms with Crippen LogP contribution < -0.4 is 9.47 Å². The van der Waals surface area contributed by atoms with E-state index in [-0.39, 0.29) is 5.69 Å². The predicted octanol–water partition coefficient (Wildman–Crippen LogP) is 2.11. The van der Waals surface area contributed by atoms with Crippen molar-refractivity contribution >= 4 is 5.97 Å². The van der Waals surface area contributed by atoms with Gasteiger partial charge in [-0.15, -0.1) is 0 Å². The number of methoxy groups -OCH3 is 2. The van der Waals surface area contributed by atoms with E-state index < -0.39 is 5.97 Å². The van der Waals surface area contributed by atoms with E-state index in [9.17, 15) is 4.79 Å². The van der Waals surface area contributed by atoms with Crippen LogP contribution in [0.5, 0.6) is 11.5 Å². The first-order chi connectivity index (χ1) is 9.47. The molecule has 0 aliphatic rings. The normalized spacial score (nSPS) is 10.4. The SMILES string of the molecule is COc1cc(-c2cc(C(=O)O)n(C)n2)c(OC)cc1C. The van der Waals surface area contributed by atoms with Crippen molar-refractivity contribution in [3.63, 3.8) is 0 Å². The smallest absolute Gasteiger partial charge is 0.354 e. The zero-order valence-corrected chi connectivity index (χ0v) is 11.8. The summed E-state index contributed by atoms with van der Waals surface area (Å²) >= 11 is 0. The van der Waals surface area contributed by atoms with Crippen LogP contribution in [0.3, 0.4) is 0 Å². The maximum Gasteiger partial charge on any atom is 0.354 e. The number of nitrogens with zero attached hydrogens (tertiary/aromatic N) is 2. The van der Waals surface area contributed by atoms with Crippen LogP contribution in [0.4, 0.5) is 0 Å². The summed E-state index contributed by atoms with van der Waals surface area (Å²) in [6.07, 6.45) is 0. The molecule has 2 aromatic rings. The molecule has 0 radical (unpaired) electrons. The lowest BCUT2D eigenvalue weighted by Gasteiger charge is -2.11. The summed E-state index contributed by atoms with van der Waals surface area (Å²) in [5, 5.41) is 13.3. The molecule has 0 fully saturated rings. The summed E-state index contributed by atoms with van der Waals surface area (Å²) in [6, 6.07) is 5.14. The molecule has 0 spiro atoms. The van der Waals surface area contributed by atoms with Gasteiger partial charge in [0.1, 0.15) is 17.2 Å². The van der Waals surface area contributed by atoms with Crippen LogP contribution in [0.2, 0.25) is 0 Å². The molecule has 1 aromatic heterocycles. The van der Waals surface area contributed by atoms with Crippen molar-refractivity contribution in [2.45, 2.75) is 6.92 Å². The Morgan fingerprint density at radius 3 is 2.35 bits per heavy atom. The van der Waals surface area contributed by atoms with Crippen molar-refractivity contribution in [2.75, 3.05) is 14.2 Å². The zero-order valence-electron chi connectivity index (χ0n) is 11.8. The van der Waals surface area contributed by atoms with Crippen LogP contribution in [0.1, 0.15) is 16.1 Å². The van der Waals surface area contributed by atoms with Gasteiger partial charge >= 0.3 is 5.97 Å². The molecule has 1 N–H and O–H groups in total. The monoisotopic (exact) mass is 276 g/mol. The average Bonchev–Trinajstić information content (AvgIpc) is 2.80. The van der Waals surface area contributed by atoms with E-state index in [4.69, 9.17) is 14.6 Å². The van der Waals surface area contributed by atoms with Gasteiger partial charge in [-0.25, -0.2) is 4.79 Å². The van der Waals surface area contributed by atoms with E-state index in [2.05, 4.69) is 5.10 Å². The number of carboxylic acid groups (broad SMARTS) is 1. The molecule has 0 aliphatic heterocycles. The number of rotatable bonds is 4. The summed E-state index contributed by atoms with van der Waals surface area (Å²) in [4.78, 5) is 11.1. The molecule has 1 aromatic carbocycles. The number of aromatic carboxylic acids is 1. The number of aromatic nitrogens is 2. The highest BCUT2D eigenvalue weighted by atomic mass is 16.5. The van der Waals surface area contributed by atoms with Crippen LogP contribution in [-0.2, 0) is 7.05 Å². The summed E-state index contributed by atoms with van der Waals surface area (Å²) in [6.45, 7) is 1.91. The van der Waals surface area contributed by atoms with Crippen LogP contribution >= 0.6 is 0 Å². The zero-order chi connectivity index (χ0) is 14.9. The first-order valence-corrected chi connectivity index (χ1v) is 5.98. The van der Waals surface area contributed by atoms with Crippen molar-refractivity contribution < 1.29 is 19.4 Å². The minimum Gasteiger partial charge on any atom is -0.496 e. The predicted molar refractivity (Wildman–Crippen MR) is 73.4 cm³/mol. The highest BCUT2D eigenvalue weighted by molar-refractivity contribution is 5.87. The Balaban J connectivity index is 2.62. The quantitative estimate of drug-likeness (QED) is 0.925. The van der Waals surface area contributed by atoms with Gasteiger partial charge in [0, 0.05) is 12.6 Å². The van der Waals surface area contributed by atoms with Gasteiger partial charge in [0.05, 0.1) is 19.9 Å². The average molecular weight is 276 g/mol. The Kier molecular flexibility index (Phi) is 3.65. The number of hydrogen-bond donors (Lipinski definition) is 1. The van der Waals surface area contributed by atoms with Crippen molar-refractivity contribution in [2.24, 2.45) is 7.05 Å². The number of ether oxygens (including phenoxy) is 2. The Bertz CT molecular complexity index is 661. The molecule has 2 rings (SSSR count). The van der Waals surface area contributed by atoms with Gasteiger partial charge in [-0.3, -0.25) is 4.68 Å². The van der Waals surface area contributed by atoms with E-state index in [0.717, 1.165) is 5.56 Å². The maximum atomic E-state index is 11.1. The fourth-order valence-electron chi connectivity index (χ4n) is 2.05. The second-order valence-corrected chi connectivity index (χ2v) is 4.37. The lowest BCUT2D eigenvalue weighted by molar-refractivity contribution is 0.0685. The summed E-state index contributed by atoms with van der Waals surface area (Å²) in [5.41, 5.74) is 2.27. The minimum absolute atomic E-state index is 0.113. The van der Waals surface area contributed by atoms with Crippen molar-refractivity contribution in [3.05, 3.63) is 29.5 Å². The molecule has 0 saturated heterocycles. The molecular weight excluding hydrogens is 260 g/mol. The Labute approximate surface area is 116 Å². The molecule has 0 bridgehead atoms. The topological polar surface area (TPSA) is 73.6 Å². The number of carbonyl (C=O) groups is 1. The van der Waals surface area contributed by atoms with Crippen molar-refractivity contribution in [3.8, 4) is 22.8 Å². The third kappa shape index (κ3) is 2.32. The molecule has 0 aliphatic carbocycles. The fourth-order valence-corrected chi connectivity index (χ4v) is 2.05. The summed E-state index contributed by atoms with van der Waals surface area (Å²) < 4.78 is 11.9. The third-order valence-electron chi connectivity index (χ3n) is 3.09. The van der Waals surface area contributed by atoms with Crippen LogP contribution in [0, 0.1) is 6.92 Å². The molecule has 0 unspecified atom stereocenters. The van der Waals surface area contributed by atoms with Gasteiger partial charge in [0.15, 0.2) is 0 Å². The van der Waals surface area contributed by atoms with E-state index in [1.165, 1.54) is 10.7 Å². The molecule has 1 heterocycles. The van der Waals surface area contributed by atoms with Gasteiger partial charge in [-0.05, 0) is 30.7 Å². The number of aryl methyl sites for hydroxylation is 2. The Morgan fingerprint density at radius 1 is 1.20 bits per heavy atom. The Morgan fingerprint density at radius 2 is 1.85 bits per heavy atom. The third-order valence-corrected chi connectivity index (χ3v) is 3.09. The molecule has 106 valence electrons. The molecule has 0 amide bonds. The lowest BCUT2D eigenvalue weighted by atomic mass is 10.1. The molecule has 6 heteroatoms. The van der Waals surface area contributed by atoms with Crippen molar-refractivity contribution in [1.29, 1.82) is 0 Å². The van der Waals surface area contributed by atoms with Crippen LogP contribution in [0.25, 0.3) is 11.3 Å². The lowest BCUT2D eigenvalue weighted by Crippen LogP contribution is -2.04. The highest BCUT2D eigenvalue weighted by Crippen LogP contribution is 2.35. The maximum absolute atomic E-state index is 11.1. The Hall–Kier alpha value is -2.50. The molecular formula is C14H16N2O4. The van der Waals surface area contributed by atoms with Gasteiger partial charge in [0.25, 0.3) is 0 Å². The van der Waals surface area contributed by atoms with Crippen molar-refractivity contribution in [1.82, 2.24) is 9.78 Å². The fraction of sp³-hybridized carbons (Fsp3) is 0.286. The standard InChI is InChI=1S/C14H16N2O4/c1-8-5-13(20-4)9(6-12(8)19-3)10-7-11(14(17)18)16(2)15-10/h5-7H,1-4H3,(H,17,18). The van der Waals surface area contributed by atoms with Crippen LogP contribution in [-0.4, -0.2) is 35.1 Å². The summed E-state index contributed by atoms with van der Waals surface area (Å²) in [7, 11) is 4.73. The molecule has 0 saturated carbocycles. The van der Waals surface area contributed by atoms with Crippen LogP contribution in [0.15, 0.2) is 18.2 Å². The highest BCUT2D eigenvalue weighted by Gasteiger charge is 2.17. The molecule has 0 atom stereocenters. The largest absolute Gasteiger partial charge is 0.496 e. The van der Waals surface area contributed by atoms with Gasteiger partial charge in [-0.1, -0.05) is 0 Å².